The van der Waals surface area contributed by atoms with E-state index in [1.54, 1.807) is 0 Å². The number of fused-ring (bicyclic) bond motifs is 2. The number of hydrogen-bond donors (Lipinski definition) is 1. The first-order valence-corrected chi connectivity index (χ1v) is 9.40. The van der Waals surface area contributed by atoms with Crippen molar-refractivity contribution < 1.29 is 9.84 Å². The summed E-state index contributed by atoms with van der Waals surface area (Å²) in [6.45, 7) is 0.391. The summed E-state index contributed by atoms with van der Waals surface area (Å²) in [5, 5.41) is 12.2. The molecule has 0 bridgehead atoms. The van der Waals surface area contributed by atoms with Crippen molar-refractivity contribution in [1.82, 2.24) is 9.55 Å². The monoisotopic (exact) mass is 356 g/mol. The lowest BCUT2D eigenvalue weighted by molar-refractivity contribution is -0.0228. The summed E-state index contributed by atoms with van der Waals surface area (Å²) in [5.41, 5.74) is 3.15. The maximum Gasteiger partial charge on any atom is 0.271 e. The fourth-order valence-corrected chi connectivity index (χ4v) is 4.19. The minimum absolute atomic E-state index is 0.0224. The lowest BCUT2D eigenvalue weighted by Crippen LogP contribution is -2.30. The van der Waals surface area contributed by atoms with Crippen molar-refractivity contribution in [2.75, 3.05) is 6.61 Å². The van der Waals surface area contributed by atoms with Gasteiger partial charge in [-0.05, 0) is 41.8 Å². The normalized spacial score (nSPS) is 18.2. The zero-order valence-electron chi connectivity index (χ0n) is 13.8. The maximum absolute atomic E-state index is 12.4. The summed E-state index contributed by atoms with van der Waals surface area (Å²) >= 11 is 1.37. The van der Waals surface area contributed by atoms with E-state index in [0.717, 1.165) is 19.3 Å². The standard InChI is InChI=1S/C19H20N2O3S/c22-14(10-21-12-20-16-8-9-25-18(16)19(21)23)11-24-17-7-3-5-13-4-1-2-6-15(13)17/h1-2,4,6,8-9,12,14,17,22H,3,5,7,10-11H2/t14-,17+/m0/s1. The van der Waals surface area contributed by atoms with E-state index in [1.165, 1.54) is 33.4 Å². The second kappa shape index (κ2) is 7.07. The number of aliphatic hydroxyl groups is 1. The number of nitrogens with zero attached hydrogens (tertiary/aromatic N) is 2. The van der Waals surface area contributed by atoms with Crippen LogP contribution < -0.4 is 5.56 Å². The van der Waals surface area contributed by atoms with Crippen LogP contribution >= 0.6 is 11.3 Å². The Balaban J connectivity index is 1.42. The molecule has 0 radical (unpaired) electrons. The quantitative estimate of drug-likeness (QED) is 0.763. The first kappa shape index (κ1) is 16.4. The molecule has 5 nitrogen and oxygen atoms in total. The maximum atomic E-state index is 12.4. The van der Waals surface area contributed by atoms with Crippen molar-refractivity contribution in [3.8, 4) is 0 Å². The molecule has 0 fully saturated rings. The molecule has 1 N–H and O–H groups in total. The van der Waals surface area contributed by atoms with Gasteiger partial charge >= 0.3 is 0 Å². The van der Waals surface area contributed by atoms with E-state index in [-0.39, 0.29) is 24.8 Å². The molecule has 2 heterocycles. The van der Waals surface area contributed by atoms with Gasteiger partial charge in [0.15, 0.2) is 0 Å². The van der Waals surface area contributed by atoms with Gasteiger partial charge in [0.25, 0.3) is 5.56 Å². The van der Waals surface area contributed by atoms with Crippen LogP contribution in [-0.4, -0.2) is 27.4 Å². The highest BCUT2D eigenvalue weighted by molar-refractivity contribution is 7.17. The van der Waals surface area contributed by atoms with Gasteiger partial charge in [0.2, 0.25) is 0 Å². The van der Waals surface area contributed by atoms with Gasteiger partial charge in [-0.1, -0.05) is 24.3 Å². The number of ether oxygens (including phenoxy) is 1. The molecule has 25 heavy (non-hydrogen) atoms. The van der Waals surface area contributed by atoms with E-state index >= 15 is 0 Å². The molecule has 2 atom stereocenters. The van der Waals surface area contributed by atoms with E-state index in [2.05, 4.69) is 23.2 Å². The van der Waals surface area contributed by atoms with Crippen LogP contribution in [0.1, 0.15) is 30.1 Å². The number of rotatable bonds is 5. The Kier molecular flexibility index (Phi) is 4.65. The average Bonchev–Trinajstić information content (AvgIpc) is 3.12. The Bertz CT molecular complexity index is 934. The molecule has 0 saturated heterocycles. The summed E-state index contributed by atoms with van der Waals surface area (Å²) in [4.78, 5) is 16.6. The number of aromatic nitrogens is 2. The van der Waals surface area contributed by atoms with Crippen LogP contribution in [0.4, 0.5) is 0 Å². The van der Waals surface area contributed by atoms with Crippen molar-refractivity contribution >= 4 is 21.6 Å². The number of aryl methyl sites for hydroxylation is 1. The molecule has 0 amide bonds. The van der Waals surface area contributed by atoms with E-state index in [1.807, 2.05) is 17.5 Å². The Morgan fingerprint density at radius 2 is 2.24 bits per heavy atom. The number of aliphatic hydroxyl groups excluding tert-OH is 1. The second-order valence-electron chi connectivity index (χ2n) is 6.40. The Labute approximate surface area is 149 Å². The van der Waals surface area contributed by atoms with Crippen LogP contribution in [0.3, 0.4) is 0 Å². The molecule has 3 aromatic rings. The molecule has 4 rings (SSSR count). The SMILES string of the molecule is O=c1c2sccc2ncn1C[C@H](O)CO[C@@H]1CCCc2ccccc21. The van der Waals surface area contributed by atoms with E-state index in [4.69, 9.17) is 4.74 Å². The Hall–Kier alpha value is -2.02. The molecule has 6 heteroatoms. The highest BCUT2D eigenvalue weighted by atomic mass is 32.1. The summed E-state index contributed by atoms with van der Waals surface area (Å²) in [5.74, 6) is 0. The third-order valence-electron chi connectivity index (χ3n) is 4.65. The summed E-state index contributed by atoms with van der Waals surface area (Å²) in [6, 6.07) is 10.1. The van der Waals surface area contributed by atoms with E-state index in [9.17, 15) is 9.90 Å². The molecular formula is C19H20N2O3S. The minimum Gasteiger partial charge on any atom is -0.389 e. The molecule has 0 unspecified atom stereocenters. The molecule has 0 saturated carbocycles. The largest absolute Gasteiger partial charge is 0.389 e. The Morgan fingerprint density at radius 3 is 3.16 bits per heavy atom. The minimum atomic E-state index is -0.744. The van der Waals surface area contributed by atoms with Gasteiger partial charge in [-0.25, -0.2) is 4.98 Å². The van der Waals surface area contributed by atoms with Crippen LogP contribution in [0, 0.1) is 0 Å². The van der Waals surface area contributed by atoms with E-state index in [0.29, 0.717) is 10.2 Å². The van der Waals surface area contributed by atoms with Crippen molar-refractivity contribution in [2.24, 2.45) is 0 Å². The molecule has 1 aromatic carbocycles. The van der Waals surface area contributed by atoms with Gasteiger partial charge in [-0.3, -0.25) is 9.36 Å². The number of thiophene rings is 1. The van der Waals surface area contributed by atoms with Gasteiger partial charge in [-0.15, -0.1) is 11.3 Å². The van der Waals surface area contributed by atoms with Crippen molar-refractivity contribution in [1.29, 1.82) is 0 Å². The van der Waals surface area contributed by atoms with Crippen LogP contribution in [0.5, 0.6) is 0 Å². The lowest BCUT2D eigenvalue weighted by Gasteiger charge is -2.26. The first-order valence-electron chi connectivity index (χ1n) is 8.52. The van der Waals surface area contributed by atoms with Crippen LogP contribution in [-0.2, 0) is 17.7 Å². The lowest BCUT2D eigenvalue weighted by atomic mass is 9.89. The van der Waals surface area contributed by atoms with Crippen molar-refractivity contribution in [3.05, 3.63) is 63.5 Å². The van der Waals surface area contributed by atoms with Crippen LogP contribution in [0.15, 0.2) is 46.8 Å². The zero-order valence-corrected chi connectivity index (χ0v) is 14.6. The van der Waals surface area contributed by atoms with Crippen LogP contribution in [0.2, 0.25) is 0 Å². The first-order chi connectivity index (χ1) is 12.2. The van der Waals surface area contributed by atoms with Crippen LogP contribution in [0.25, 0.3) is 10.2 Å². The fraction of sp³-hybridized carbons (Fsp3) is 0.368. The predicted octanol–water partition coefficient (Wildman–Crippen LogP) is 2.91. The Morgan fingerprint density at radius 1 is 1.36 bits per heavy atom. The molecule has 0 aliphatic heterocycles. The highest BCUT2D eigenvalue weighted by Crippen LogP contribution is 2.32. The van der Waals surface area contributed by atoms with Gasteiger partial charge in [-0.2, -0.15) is 0 Å². The summed E-state index contributed by atoms with van der Waals surface area (Å²) in [6.07, 6.45) is 3.92. The fourth-order valence-electron chi connectivity index (χ4n) is 3.40. The average molecular weight is 356 g/mol. The molecule has 1 aliphatic carbocycles. The highest BCUT2D eigenvalue weighted by Gasteiger charge is 2.21. The predicted molar refractivity (Wildman–Crippen MR) is 98.0 cm³/mol. The third kappa shape index (κ3) is 3.38. The van der Waals surface area contributed by atoms with Gasteiger partial charge in [0.05, 0.1) is 37.2 Å². The molecule has 0 spiro atoms. The zero-order chi connectivity index (χ0) is 17.2. The topological polar surface area (TPSA) is 64.4 Å². The number of hydrogen-bond acceptors (Lipinski definition) is 5. The summed E-state index contributed by atoms with van der Waals surface area (Å²) < 4.78 is 8.05. The molecule has 1 aliphatic rings. The molecular weight excluding hydrogens is 336 g/mol. The van der Waals surface area contributed by atoms with E-state index < -0.39 is 6.10 Å². The summed E-state index contributed by atoms with van der Waals surface area (Å²) in [7, 11) is 0. The van der Waals surface area contributed by atoms with Crippen molar-refractivity contribution in [3.63, 3.8) is 0 Å². The van der Waals surface area contributed by atoms with Crippen molar-refractivity contribution in [2.45, 2.75) is 38.0 Å². The van der Waals surface area contributed by atoms with Gasteiger partial charge < -0.3 is 9.84 Å². The van der Waals surface area contributed by atoms with Gasteiger partial charge in [0, 0.05) is 0 Å². The molecule has 2 aromatic heterocycles. The van der Waals surface area contributed by atoms with Gasteiger partial charge in [0.1, 0.15) is 4.70 Å². The smallest absolute Gasteiger partial charge is 0.271 e. The molecule has 130 valence electrons. The third-order valence-corrected chi connectivity index (χ3v) is 5.54. The second-order valence-corrected chi connectivity index (χ2v) is 7.32. The number of benzene rings is 1.